The van der Waals surface area contributed by atoms with Crippen LogP contribution in [0.25, 0.3) is 10.6 Å². The summed E-state index contributed by atoms with van der Waals surface area (Å²) in [6.07, 6.45) is 0. The maximum absolute atomic E-state index is 4.63. The van der Waals surface area contributed by atoms with E-state index in [0.29, 0.717) is 0 Å². The third kappa shape index (κ3) is 2.31. The number of benzene rings is 1. The van der Waals surface area contributed by atoms with E-state index in [9.17, 15) is 0 Å². The molecule has 0 bridgehead atoms. The zero-order valence-corrected chi connectivity index (χ0v) is 10.7. The molecule has 0 aliphatic heterocycles. The van der Waals surface area contributed by atoms with Gasteiger partial charge in [-0.15, -0.1) is 11.3 Å². The summed E-state index contributed by atoms with van der Waals surface area (Å²) in [7, 11) is 1.94. The Morgan fingerprint density at radius 1 is 1.31 bits per heavy atom. The van der Waals surface area contributed by atoms with E-state index in [-0.39, 0.29) is 0 Å². The summed E-state index contributed by atoms with van der Waals surface area (Å²) in [5.41, 5.74) is 4.94. The first-order chi connectivity index (χ1) is 7.70. The van der Waals surface area contributed by atoms with Gasteiger partial charge >= 0.3 is 0 Å². The van der Waals surface area contributed by atoms with Crippen molar-refractivity contribution in [3.63, 3.8) is 0 Å². The van der Waals surface area contributed by atoms with Gasteiger partial charge in [-0.25, -0.2) is 4.98 Å². The first-order valence-electron chi connectivity index (χ1n) is 5.37. The maximum atomic E-state index is 4.63. The average molecular weight is 232 g/mol. The molecule has 1 aromatic carbocycles. The summed E-state index contributed by atoms with van der Waals surface area (Å²) in [6.45, 7) is 5.08. The van der Waals surface area contributed by atoms with Crippen molar-refractivity contribution in [2.24, 2.45) is 0 Å². The molecule has 16 heavy (non-hydrogen) atoms. The van der Waals surface area contributed by atoms with Crippen LogP contribution in [0.5, 0.6) is 0 Å². The van der Waals surface area contributed by atoms with Crippen molar-refractivity contribution in [2.75, 3.05) is 7.05 Å². The molecule has 0 amide bonds. The standard InChI is InChI=1S/C13H16N2S/c1-9-4-5-10(2)12(6-9)13-15-11(7-14-3)8-16-13/h4-6,8,14H,7H2,1-3H3. The highest BCUT2D eigenvalue weighted by molar-refractivity contribution is 7.13. The Morgan fingerprint density at radius 3 is 2.88 bits per heavy atom. The summed E-state index contributed by atoms with van der Waals surface area (Å²) >= 11 is 1.71. The summed E-state index contributed by atoms with van der Waals surface area (Å²) in [5, 5.41) is 6.35. The van der Waals surface area contributed by atoms with E-state index in [1.807, 2.05) is 7.05 Å². The zero-order chi connectivity index (χ0) is 11.5. The third-order valence-electron chi connectivity index (χ3n) is 2.53. The quantitative estimate of drug-likeness (QED) is 0.879. The van der Waals surface area contributed by atoms with Crippen molar-refractivity contribution in [3.8, 4) is 10.6 Å². The van der Waals surface area contributed by atoms with Crippen LogP contribution in [0, 0.1) is 13.8 Å². The highest BCUT2D eigenvalue weighted by Crippen LogP contribution is 2.27. The number of thiazole rings is 1. The van der Waals surface area contributed by atoms with Crippen LogP contribution in [0.2, 0.25) is 0 Å². The summed E-state index contributed by atoms with van der Waals surface area (Å²) in [5.74, 6) is 0. The van der Waals surface area contributed by atoms with Gasteiger partial charge in [0.2, 0.25) is 0 Å². The van der Waals surface area contributed by atoms with Crippen molar-refractivity contribution in [1.29, 1.82) is 0 Å². The van der Waals surface area contributed by atoms with Crippen LogP contribution in [-0.2, 0) is 6.54 Å². The number of aromatic nitrogens is 1. The zero-order valence-electron chi connectivity index (χ0n) is 9.87. The second-order valence-electron chi connectivity index (χ2n) is 3.99. The number of aryl methyl sites for hydroxylation is 2. The molecule has 0 saturated carbocycles. The lowest BCUT2D eigenvalue weighted by atomic mass is 10.1. The molecule has 1 aromatic heterocycles. The second-order valence-corrected chi connectivity index (χ2v) is 4.85. The fourth-order valence-electron chi connectivity index (χ4n) is 1.66. The van der Waals surface area contributed by atoms with E-state index >= 15 is 0 Å². The van der Waals surface area contributed by atoms with Gasteiger partial charge in [-0.2, -0.15) is 0 Å². The fraction of sp³-hybridized carbons (Fsp3) is 0.308. The van der Waals surface area contributed by atoms with Gasteiger partial charge < -0.3 is 5.32 Å². The highest BCUT2D eigenvalue weighted by atomic mass is 32.1. The van der Waals surface area contributed by atoms with Crippen LogP contribution < -0.4 is 5.32 Å². The van der Waals surface area contributed by atoms with Crippen LogP contribution in [0.4, 0.5) is 0 Å². The lowest BCUT2D eigenvalue weighted by molar-refractivity contribution is 0.798. The number of nitrogens with one attached hydrogen (secondary N) is 1. The van der Waals surface area contributed by atoms with Gasteiger partial charge in [0.25, 0.3) is 0 Å². The van der Waals surface area contributed by atoms with Gasteiger partial charge in [0.1, 0.15) is 5.01 Å². The van der Waals surface area contributed by atoms with Crippen LogP contribution in [0.15, 0.2) is 23.6 Å². The summed E-state index contributed by atoms with van der Waals surface area (Å²) in [4.78, 5) is 4.63. The highest BCUT2D eigenvalue weighted by Gasteiger charge is 2.07. The molecule has 1 N–H and O–H groups in total. The normalized spacial score (nSPS) is 10.7. The molecule has 0 fully saturated rings. The molecule has 0 saturated heterocycles. The maximum Gasteiger partial charge on any atom is 0.123 e. The lowest BCUT2D eigenvalue weighted by Gasteiger charge is -2.03. The minimum absolute atomic E-state index is 0.835. The summed E-state index contributed by atoms with van der Waals surface area (Å²) in [6, 6.07) is 6.50. The first-order valence-corrected chi connectivity index (χ1v) is 6.25. The van der Waals surface area contributed by atoms with Crippen molar-refractivity contribution >= 4 is 11.3 Å². The molecule has 1 heterocycles. The second kappa shape index (κ2) is 4.76. The molecule has 2 aromatic rings. The SMILES string of the molecule is CNCc1csc(-c2cc(C)ccc2C)n1. The van der Waals surface area contributed by atoms with Crippen molar-refractivity contribution in [3.05, 3.63) is 40.4 Å². The number of hydrogen-bond donors (Lipinski definition) is 1. The van der Waals surface area contributed by atoms with Gasteiger partial charge in [0.05, 0.1) is 5.69 Å². The van der Waals surface area contributed by atoms with Gasteiger partial charge in [-0.05, 0) is 32.5 Å². The van der Waals surface area contributed by atoms with Crippen molar-refractivity contribution in [2.45, 2.75) is 20.4 Å². The van der Waals surface area contributed by atoms with Crippen LogP contribution >= 0.6 is 11.3 Å². The molecule has 0 spiro atoms. The van der Waals surface area contributed by atoms with E-state index in [1.165, 1.54) is 16.7 Å². The van der Waals surface area contributed by atoms with Gasteiger partial charge in [0, 0.05) is 17.5 Å². The smallest absolute Gasteiger partial charge is 0.123 e. The molecule has 2 rings (SSSR count). The van der Waals surface area contributed by atoms with E-state index in [0.717, 1.165) is 17.2 Å². The van der Waals surface area contributed by atoms with Crippen molar-refractivity contribution < 1.29 is 0 Å². The van der Waals surface area contributed by atoms with Gasteiger partial charge in [-0.3, -0.25) is 0 Å². The van der Waals surface area contributed by atoms with Crippen LogP contribution in [0.1, 0.15) is 16.8 Å². The van der Waals surface area contributed by atoms with E-state index in [4.69, 9.17) is 0 Å². The molecule has 0 aliphatic carbocycles. The minimum Gasteiger partial charge on any atom is -0.314 e. The molecule has 0 aliphatic rings. The van der Waals surface area contributed by atoms with Gasteiger partial charge in [0.15, 0.2) is 0 Å². The Morgan fingerprint density at radius 2 is 2.12 bits per heavy atom. The monoisotopic (exact) mass is 232 g/mol. The lowest BCUT2D eigenvalue weighted by Crippen LogP contribution is -2.04. The minimum atomic E-state index is 0.835. The predicted octanol–water partition coefficient (Wildman–Crippen LogP) is 3.15. The number of nitrogens with zero attached hydrogens (tertiary/aromatic N) is 1. The number of rotatable bonds is 3. The van der Waals surface area contributed by atoms with Gasteiger partial charge in [-0.1, -0.05) is 17.7 Å². The Hall–Kier alpha value is -1.19. The van der Waals surface area contributed by atoms with E-state index < -0.39 is 0 Å². The topological polar surface area (TPSA) is 24.9 Å². The molecule has 84 valence electrons. The third-order valence-corrected chi connectivity index (χ3v) is 3.46. The molecule has 0 atom stereocenters. The summed E-state index contributed by atoms with van der Waals surface area (Å²) < 4.78 is 0. The molecular weight excluding hydrogens is 216 g/mol. The molecule has 0 unspecified atom stereocenters. The Bertz CT molecular complexity index is 488. The Labute approximate surface area is 100 Å². The first kappa shape index (κ1) is 11.3. The fourth-order valence-corrected chi connectivity index (χ4v) is 2.56. The predicted molar refractivity (Wildman–Crippen MR) is 69.8 cm³/mol. The van der Waals surface area contributed by atoms with E-state index in [1.54, 1.807) is 11.3 Å². The van der Waals surface area contributed by atoms with Crippen LogP contribution in [-0.4, -0.2) is 12.0 Å². The van der Waals surface area contributed by atoms with Crippen molar-refractivity contribution in [1.82, 2.24) is 10.3 Å². The average Bonchev–Trinajstić information content (AvgIpc) is 2.71. The van der Waals surface area contributed by atoms with Crippen LogP contribution in [0.3, 0.4) is 0 Å². The Kier molecular flexibility index (Phi) is 3.36. The molecule has 3 heteroatoms. The molecule has 0 radical (unpaired) electrons. The Balaban J connectivity index is 2.38. The van der Waals surface area contributed by atoms with E-state index in [2.05, 4.69) is 47.7 Å². The largest absolute Gasteiger partial charge is 0.314 e. The number of hydrogen-bond acceptors (Lipinski definition) is 3. The molecular formula is C13H16N2S. The molecule has 2 nitrogen and oxygen atoms in total.